The second-order valence-corrected chi connectivity index (χ2v) is 7.66. The molecule has 2 aromatic heterocycles. The molecule has 3 aromatic rings. The van der Waals surface area contributed by atoms with Crippen LogP contribution in [0.4, 0.5) is 5.69 Å². The molecule has 0 unspecified atom stereocenters. The van der Waals surface area contributed by atoms with Crippen LogP contribution >= 0.6 is 11.6 Å². The zero-order valence-corrected chi connectivity index (χ0v) is 18.5. The van der Waals surface area contributed by atoms with E-state index in [1.807, 2.05) is 39.8 Å². The van der Waals surface area contributed by atoms with Gasteiger partial charge in [0.25, 0.3) is 0 Å². The summed E-state index contributed by atoms with van der Waals surface area (Å²) in [6, 6.07) is 3.74. The lowest BCUT2D eigenvalue weighted by atomic mass is 10.1. The van der Waals surface area contributed by atoms with Crippen molar-refractivity contribution in [1.82, 2.24) is 19.6 Å². The van der Waals surface area contributed by atoms with E-state index in [4.69, 9.17) is 21.4 Å². The van der Waals surface area contributed by atoms with Crippen molar-refractivity contribution < 1.29 is 19.4 Å². The van der Waals surface area contributed by atoms with Crippen LogP contribution in [0.5, 0.6) is 5.75 Å². The Bertz CT molecular complexity index is 1110. The third-order valence-electron chi connectivity index (χ3n) is 4.86. The van der Waals surface area contributed by atoms with E-state index in [1.54, 1.807) is 4.68 Å². The number of aryl methyl sites for hydroxylation is 4. The lowest BCUT2D eigenvalue weighted by Gasteiger charge is -2.11. The first-order valence-corrected chi connectivity index (χ1v) is 10.0. The number of nitrogens with zero attached hydrogens (tertiary/aromatic N) is 4. The van der Waals surface area contributed by atoms with Crippen molar-refractivity contribution in [1.29, 1.82) is 0 Å². The number of hydrogen-bond acceptors (Lipinski definition) is 5. The first-order chi connectivity index (χ1) is 14.7. The summed E-state index contributed by atoms with van der Waals surface area (Å²) in [5, 5.41) is 20.9. The fourth-order valence-corrected chi connectivity index (χ4v) is 3.25. The van der Waals surface area contributed by atoms with E-state index >= 15 is 0 Å². The van der Waals surface area contributed by atoms with Crippen LogP contribution in [0.1, 0.15) is 39.3 Å². The Hall–Kier alpha value is -3.33. The van der Waals surface area contributed by atoms with E-state index < -0.39 is 5.97 Å². The number of carbonyl (C=O) groups is 2. The number of rotatable bonds is 8. The van der Waals surface area contributed by atoms with Gasteiger partial charge >= 0.3 is 5.97 Å². The first-order valence-electron chi connectivity index (χ1n) is 9.65. The van der Waals surface area contributed by atoms with Gasteiger partial charge in [-0.15, -0.1) is 0 Å². The predicted molar refractivity (Wildman–Crippen MR) is 116 cm³/mol. The standard InChI is InChI=1S/C21H24ClN5O4/c1-12-7-17(8-13(2)19(12)22)31-11-27-15(4)20(14(3)25-27)24-18(28)5-6-26-10-16(9-23-26)21(29)30/h7-10H,5-6,11H2,1-4H3,(H,24,28)(H,29,30). The minimum atomic E-state index is -1.06. The summed E-state index contributed by atoms with van der Waals surface area (Å²) in [6.07, 6.45) is 2.79. The van der Waals surface area contributed by atoms with Crippen molar-refractivity contribution in [2.45, 2.75) is 47.4 Å². The van der Waals surface area contributed by atoms with Crippen LogP contribution in [0.3, 0.4) is 0 Å². The molecule has 10 heteroatoms. The van der Waals surface area contributed by atoms with Crippen LogP contribution in [0, 0.1) is 27.7 Å². The number of nitrogens with one attached hydrogen (secondary N) is 1. The van der Waals surface area contributed by atoms with Crippen LogP contribution < -0.4 is 10.1 Å². The molecule has 31 heavy (non-hydrogen) atoms. The minimum Gasteiger partial charge on any atom is -0.478 e. The zero-order chi connectivity index (χ0) is 22.7. The first kappa shape index (κ1) is 22.4. The average Bonchev–Trinajstić information content (AvgIpc) is 3.29. The number of carboxylic acid groups (broad SMARTS) is 1. The van der Waals surface area contributed by atoms with E-state index in [0.717, 1.165) is 21.8 Å². The molecule has 0 spiro atoms. The Kier molecular flexibility index (Phi) is 6.65. The van der Waals surface area contributed by atoms with Gasteiger partial charge in [-0.25, -0.2) is 9.48 Å². The van der Waals surface area contributed by atoms with Gasteiger partial charge in [0.2, 0.25) is 5.91 Å². The number of benzene rings is 1. The number of hydrogen-bond donors (Lipinski definition) is 2. The molecule has 2 heterocycles. The lowest BCUT2D eigenvalue weighted by Crippen LogP contribution is -2.16. The smallest absolute Gasteiger partial charge is 0.338 e. The van der Waals surface area contributed by atoms with Crippen molar-refractivity contribution in [2.75, 3.05) is 5.32 Å². The van der Waals surface area contributed by atoms with Gasteiger partial charge in [-0.2, -0.15) is 10.2 Å². The van der Waals surface area contributed by atoms with E-state index in [2.05, 4.69) is 15.5 Å². The molecule has 0 aliphatic heterocycles. The largest absolute Gasteiger partial charge is 0.478 e. The summed E-state index contributed by atoms with van der Waals surface area (Å²) in [5.74, 6) is -0.582. The van der Waals surface area contributed by atoms with Crippen LogP contribution in [-0.4, -0.2) is 36.5 Å². The molecule has 9 nitrogen and oxygen atoms in total. The highest BCUT2D eigenvalue weighted by Gasteiger charge is 2.15. The molecule has 0 aliphatic rings. The van der Waals surface area contributed by atoms with Crippen LogP contribution in [0.2, 0.25) is 5.02 Å². The van der Waals surface area contributed by atoms with Crippen molar-refractivity contribution in [3.63, 3.8) is 0 Å². The number of amides is 1. The number of carbonyl (C=O) groups excluding carboxylic acids is 1. The molecule has 1 aromatic carbocycles. The van der Waals surface area contributed by atoms with Gasteiger partial charge in [0, 0.05) is 24.2 Å². The monoisotopic (exact) mass is 445 g/mol. The van der Waals surface area contributed by atoms with Crippen molar-refractivity contribution in [3.05, 3.63) is 57.6 Å². The Balaban J connectivity index is 1.61. The third-order valence-corrected chi connectivity index (χ3v) is 5.45. The SMILES string of the molecule is Cc1cc(OCn2nc(C)c(NC(=O)CCn3cc(C(=O)O)cn3)c2C)cc(C)c1Cl. The normalized spacial score (nSPS) is 10.9. The summed E-state index contributed by atoms with van der Waals surface area (Å²) in [6.45, 7) is 7.96. The minimum absolute atomic E-state index is 0.0828. The maximum absolute atomic E-state index is 12.4. The molecule has 0 fully saturated rings. The van der Waals surface area contributed by atoms with E-state index in [-0.39, 0.29) is 31.2 Å². The molecule has 0 radical (unpaired) electrons. The topological polar surface area (TPSA) is 111 Å². The van der Waals surface area contributed by atoms with Gasteiger partial charge < -0.3 is 15.2 Å². The number of halogens is 1. The summed E-state index contributed by atoms with van der Waals surface area (Å²) in [5.41, 5.74) is 4.02. The van der Waals surface area contributed by atoms with Gasteiger partial charge in [0.15, 0.2) is 6.73 Å². The molecule has 1 amide bonds. The number of aromatic nitrogens is 4. The molecule has 3 rings (SSSR count). The highest BCUT2D eigenvalue weighted by molar-refractivity contribution is 6.32. The third kappa shape index (κ3) is 5.24. The fraction of sp³-hybridized carbons (Fsp3) is 0.333. The highest BCUT2D eigenvalue weighted by Crippen LogP contribution is 2.26. The van der Waals surface area contributed by atoms with E-state index in [9.17, 15) is 9.59 Å². The van der Waals surface area contributed by atoms with E-state index in [0.29, 0.717) is 17.1 Å². The van der Waals surface area contributed by atoms with Crippen LogP contribution in [-0.2, 0) is 18.1 Å². The zero-order valence-electron chi connectivity index (χ0n) is 17.8. The maximum Gasteiger partial charge on any atom is 0.338 e. The number of ether oxygens (including phenoxy) is 1. The molecule has 0 atom stereocenters. The van der Waals surface area contributed by atoms with Crippen molar-refractivity contribution in [2.24, 2.45) is 0 Å². The van der Waals surface area contributed by atoms with Crippen LogP contribution in [0.15, 0.2) is 24.5 Å². The van der Waals surface area contributed by atoms with Gasteiger partial charge in [0.1, 0.15) is 5.75 Å². The lowest BCUT2D eigenvalue weighted by molar-refractivity contribution is -0.116. The van der Waals surface area contributed by atoms with Gasteiger partial charge in [-0.1, -0.05) is 11.6 Å². The second-order valence-electron chi connectivity index (χ2n) is 7.29. The van der Waals surface area contributed by atoms with Crippen molar-refractivity contribution >= 4 is 29.2 Å². The predicted octanol–water partition coefficient (Wildman–Crippen LogP) is 3.73. The van der Waals surface area contributed by atoms with Gasteiger partial charge in [-0.05, 0) is 51.0 Å². The summed E-state index contributed by atoms with van der Waals surface area (Å²) < 4.78 is 8.96. The molecular formula is C21H24ClN5O4. The number of aromatic carboxylic acids is 1. The highest BCUT2D eigenvalue weighted by atomic mass is 35.5. The summed E-state index contributed by atoms with van der Waals surface area (Å²) in [7, 11) is 0. The Morgan fingerprint density at radius 2 is 1.87 bits per heavy atom. The van der Waals surface area contributed by atoms with Crippen LogP contribution in [0.25, 0.3) is 0 Å². The Labute approximate surface area is 184 Å². The molecule has 0 bridgehead atoms. The molecular weight excluding hydrogens is 422 g/mol. The quantitative estimate of drug-likeness (QED) is 0.546. The Morgan fingerprint density at radius 3 is 2.48 bits per heavy atom. The van der Waals surface area contributed by atoms with Gasteiger partial charge in [-0.3, -0.25) is 9.48 Å². The van der Waals surface area contributed by atoms with Crippen molar-refractivity contribution in [3.8, 4) is 5.75 Å². The molecule has 0 aliphatic carbocycles. The summed E-state index contributed by atoms with van der Waals surface area (Å²) in [4.78, 5) is 23.3. The molecule has 2 N–H and O–H groups in total. The van der Waals surface area contributed by atoms with E-state index in [1.165, 1.54) is 17.1 Å². The molecule has 0 saturated carbocycles. The number of carboxylic acids is 1. The molecule has 0 saturated heterocycles. The number of anilines is 1. The fourth-order valence-electron chi connectivity index (χ4n) is 3.14. The average molecular weight is 446 g/mol. The Morgan fingerprint density at radius 1 is 1.19 bits per heavy atom. The molecule has 164 valence electrons. The van der Waals surface area contributed by atoms with Gasteiger partial charge in [0.05, 0.1) is 28.8 Å². The maximum atomic E-state index is 12.4. The summed E-state index contributed by atoms with van der Waals surface area (Å²) >= 11 is 6.20. The second kappa shape index (κ2) is 9.22.